The maximum absolute atomic E-state index is 14.5. The van der Waals surface area contributed by atoms with Crippen LogP contribution in [0, 0.1) is 11.7 Å². The summed E-state index contributed by atoms with van der Waals surface area (Å²) in [5.41, 5.74) is 1.39. The van der Waals surface area contributed by atoms with Gasteiger partial charge in [-0.05, 0) is 56.7 Å². The van der Waals surface area contributed by atoms with Crippen LogP contribution < -0.4 is 5.32 Å². The number of ether oxygens (including phenoxy) is 1. The van der Waals surface area contributed by atoms with Crippen LogP contribution in [0.1, 0.15) is 51.9 Å². The van der Waals surface area contributed by atoms with Crippen LogP contribution in [0.3, 0.4) is 0 Å². The van der Waals surface area contributed by atoms with Gasteiger partial charge in [-0.2, -0.15) is 4.99 Å². The molecule has 10 heteroatoms. The lowest BCUT2D eigenvalue weighted by molar-refractivity contribution is -0.131. The number of hydrogen-bond acceptors (Lipinski definition) is 7. The molecule has 196 valence electrons. The zero-order valence-corrected chi connectivity index (χ0v) is 21.8. The molecule has 5 rings (SSSR count). The van der Waals surface area contributed by atoms with Crippen LogP contribution in [-0.2, 0) is 19.4 Å². The van der Waals surface area contributed by atoms with Gasteiger partial charge in [-0.15, -0.1) is 0 Å². The minimum atomic E-state index is -3.49. The van der Waals surface area contributed by atoms with E-state index < -0.39 is 21.7 Å². The van der Waals surface area contributed by atoms with Gasteiger partial charge in [0.2, 0.25) is 5.91 Å². The molecule has 8 nitrogen and oxygen atoms in total. The lowest BCUT2D eigenvalue weighted by Crippen LogP contribution is -2.47. The summed E-state index contributed by atoms with van der Waals surface area (Å²) >= 11 is 0. The van der Waals surface area contributed by atoms with Crippen LogP contribution >= 0.6 is 0 Å². The second-order valence-electron chi connectivity index (χ2n) is 10.3. The van der Waals surface area contributed by atoms with Crippen molar-refractivity contribution in [1.82, 2.24) is 9.80 Å². The smallest absolute Gasteiger partial charge is 0.245 e. The monoisotopic (exact) mass is 518 g/mol. The molecule has 0 radical (unpaired) electrons. The average Bonchev–Trinajstić information content (AvgIpc) is 3.18. The predicted octanol–water partition coefficient (Wildman–Crippen LogP) is 3.56. The first-order valence-corrected chi connectivity index (χ1v) is 14.9. The SMILES string of the molecule is CCC1=C(N2CCC(N3CCC(Nc4ccc(S(C)(=O)=O)cc4F)C3=O)CC2)N=C(C2CCC2)OC1. The van der Waals surface area contributed by atoms with Gasteiger partial charge < -0.3 is 19.9 Å². The number of rotatable bonds is 7. The van der Waals surface area contributed by atoms with E-state index in [0.717, 1.165) is 69.2 Å². The van der Waals surface area contributed by atoms with Crippen LogP contribution in [0.4, 0.5) is 10.1 Å². The van der Waals surface area contributed by atoms with Gasteiger partial charge in [0.25, 0.3) is 0 Å². The van der Waals surface area contributed by atoms with E-state index in [4.69, 9.17) is 9.73 Å². The number of likely N-dealkylation sites (tertiary alicyclic amines) is 2. The molecule has 1 amide bonds. The molecule has 1 N–H and O–H groups in total. The number of amides is 1. The molecule has 3 heterocycles. The van der Waals surface area contributed by atoms with Crippen LogP contribution in [0.2, 0.25) is 0 Å². The van der Waals surface area contributed by atoms with E-state index in [2.05, 4.69) is 17.1 Å². The van der Waals surface area contributed by atoms with Gasteiger partial charge in [-0.3, -0.25) is 4.79 Å². The number of carbonyl (C=O) groups is 1. The highest BCUT2D eigenvalue weighted by atomic mass is 32.2. The first kappa shape index (κ1) is 25.0. The van der Waals surface area contributed by atoms with E-state index in [-0.39, 0.29) is 22.5 Å². The molecular formula is C26H35FN4O4S. The number of aliphatic imine (C=N–C) groups is 1. The van der Waals surface area contributed by atoms with Crippen molar-refractivity contribution in [2.45, 2.75) is 68.8 Å². The minimum Gasteiger partial charge on any atom is -0.476 e. The number of sulfone groups is 1. The molecule has 1 aromatic carbocycles. The fraction of sp³-hybridized carbons (Fsp3) is 0.615. The lowest BCUT2D eigenvalue weighted by atomic mass is 9.85. The third-order valence-electron chi connectivity index (χ3n) is 7.95. The number of hydrogen-bond donors (Lipinski definition) is 1. The zero-order valence-electron chi connectivity index (χ0n) is 21.0. The number of piperidine rings is 1. The molecule has 1 atom stereocenters. The molecule has 0 spiro atoms. The van der Waals surface area contributed by atoms with Crippen molar-refractivity contribution in [2.24, 2.45) is 10.9 Å². The van der Waals surface area contributed by atoms with E-state index in [1.165, 1.54) is 24.1 Å². The number of nitrogens with one attached hydrogen (secondary N) is 1. The number of benzene rings is 1. The Morgan fingerprint density at radius 2 is 1.89 bits per heavy atom. The van der Waals surface area contributed by atoms with Gasteiger partial charge in [-0.25, -0.2) is 12.8 Å². The quantitative estimate of drug-likeness (QED) is 0.594. The summed E-state index contributed by atoms with van der Waals surface area (Å²) in [7, 11) is -3.49. The third-order valence-corrected chi connectivity index (χ3v) is 9.06. The third kappa shape index (κ3) is 4.96. The summed E-state index contributed by atoms with van der Waals surface area (Å²) in [6.45, 7) is 5.08. The number of anilines is 1. The Bertz CT molecular complexity index is 1190. The molecule has 0 aromatic heterocycles. The molecule has 1 saturated carbocycles. The maximum Gasteiger partial charge on any atom is 0.245 e. The molecular weight excluding hydrogens is 483 g/mol. The molecule has 4 aliphatic rings. The minimum absolute atomic E-state index is 0.0233. The normalized spacial score (nSPS) is 24.0. The highest BCUT2D eigenvalue weighted by Crippen LogP contribution is 2.34. The van der Waals surface area contributed by atoms with E-state index in [1.54, 1.807) is 0 Å². The fourth-order valence-electron chi connectivity index (χ4n) is 5.48. The highest BCUT2D eigenvalue weighted by Gasteiger charge is 2.38. The van der Waals surface area contributed by atoms with Crippen LogP contribution in [0.5, 0.6) is 0 Å². The van der Waals surface area contributed by atoms with Crippen molar-refractivity contribution in [1.29, 1.82) is 0 Å². The lowest BCUT2D eigenvalue weighted by Gasteiger charge is -2.40. The molecule has 3 aliphatic heterocycles. The summed E-state index contributed by atoms with van der Waals surface area (Å²) in [5, 5.41) is 3.00. The molecule has 1 aliphatic carbocycles. The van der Waals surface area contributed by atoms with Crippen molar-refractivity contribution < 1.29 is 22.3 Å². The Morgan fingerprint density at radius 1 is 1.14 bits per heavy atom. The van der Waals surface area contributed by atoms with Crippen molar-refractivity contribution in [3.63, 3.8) is 0 Å². The summed E-state index contributed by atoms with van der Waals surface area (Å²) in [6, 6.07) is 3.40. The van der Waals surface area contributed by atoms with Gasteiger partial charge in [0.15, 0.2) is 15.7 Å². The highest BCUT2D eigenvalue weighted by molar-refractivity contribution is 7.90. The van der Waals surface area contributed by atoms with Gasteiger partial charge >= 0.3 is 0 Å². The first-order chi connectivity index (χ1) is 17.2. The topological polar surface area (TPSA) is 91.3 Å². The molecule has 36 heavy (non-hydrogen) atoms. The Balaban J connectivity index is 1.20. The van der Waals surface area contributed by atoms with Gasteiger partial charge in [-0.1, -0.05) is 13.3 Å². The van der Waals surface area contributed by atoms with Crippen molar-refractivity contribution in [3.8, 4) is 0 Å². The zero-order chi connectivity index (χ0) is 25.4. The van der Waals surface area contributed by atoms with Gasteiger partial charge in [0.05, 0.1) is 10.6 Å². The molecule has 1 unspecified atom stereocenters. The Labute approximate surface area is 212 Å². The fourth-order valence-corrected chi connectivity index (χ4v) is 6.11. The maximum atomic E-state index is 14.5. The van der Waals surface area contributed by atoms with E-state index in [0.29, 0.717) is 25.5 Å². The molecule has 3 fully saturated rings. The van der Waals surface area contributed by atoms with E-state index in [9.17, 15) is 17.6 Å². The van der Waals surface area contributed by atoms with Gasteiger partial charge in [0, 0.05) is 43.4 Å². The standard InChI is InChI=1S/C26H35FN4O4S/c1-3-17-16-35-25(18-5-4-6-18)29-24(17)30-12-9-19(10-13-30)31-14-11-23(26(31)32)28-22-8-7-20(15-21(22)27)36(2,33)34/h7-8,15,18-19,23,28H,3-6,9-14,16H2,1-2H3. The second kappa shape index (κ2) is 10.0. The Kier molecular flexibility index (Phi) is 6.98. The Hall–Kier alpha value is -2.62. The summed E-state index contributed by atoms with van der Waals surface area (Å²) in [5.74, 6) is 1.75. The number of carbonyl (C=O) groups excluding carboxylic acids is 1. The van der Waals surface area contributed by atoms with Crippen molar-refractivity contribution >= 4 is 27.3 Å². The number of nitrogens with zero attached hydrogens (tertiary/aromatic N) is 3. The van der Waals surface area contributed by atoms with Crippen molar-refractivity contribution in [2.75, 3.05) is 37.8 Å². The summed E-state index contributed by atoms with van der Waals surface area (Å²) in [6.07, 6.45) is 7.84. The average molecular weight is 519 g/mol. The van der Waals surface area contributed by atoms with Crippen LogP contribution in [-0.4, -0.2) is 74.6 Å². The van der Waals surface area contributed by atoms with E-state index >= 15 is 0 Å². The number of halogens is 1. The Morgan fingerprint density at radius 3 is 2.50 bits per heavy atom. The molecule has 1 aromatic rings. The molecule has 0 bridgehead atoms. The van der Waals surface area contributed by atoms with Crippen LogP contribution in [0.25, 0.3) is 0 Å². The summed E-state index contributed by atoms with van der Waals surface area (Å²) in [4.78, 5) is 22.3. The largest absolute Gasteiger partial charge is 0.476 e. The van der Waals surface area contributed by atoms with Crippen molar-refractivity contribution in [3.05, 3.63) is 35.4 Å². The van der Waals surface area contributed by atoms with E-state index in [1.807, 2.05) is 4.90 Å². The predicted molar refractivity (Wildman–Crippen MR) is 136 cm³/mol. The second-order valence-corrected chi connectivity index (χ2v) is 12.3. The van der Waals surface area contributed by atoms with Crippen LogP contribution in [0.15, 0.2) is 39.5 Å². The first-order valence-electron chi connectivity index (χ1n) is 13.0. The summed E-state index contributed by atoms with van der Waals surface area (Å²) < 4.78 is 43.8. The molecule has 2 saturated heterocycles. The van der Waals surface area contributed by atoms with Gasteiger partial charge in [0.1, 0.15) is 24.3 Å².